The van der Waals surface area contributed by atoms with Crippen molar-refractivity contribution in [1.82, 2.24) is 0 Å². The molecule has 4 nitrogen and oxygen atoms in total. The molecule has 2 N–H and O–H groups in total. The largest absolute Gasteiger partial charge is 0.867 e. The highest BCUT2D eigenvalue weighted by molar-refractivity contribution is 7.81. The first-order chi connectivity index (χ1) is 14.3. The second-order valence-electron chi connectivity index (χ2n) is 7.58. The van der Waals surface area contributed by atoms with Crippen LogP contribution in [0, 0.1) is 27.7 Å². The third-order valence-electron chi connectivity index (χ3n) is 4.98. The van der Waals surface area contributed by atoms with Crippen molar-refractivity contribution in [3.63, 3.8) is 0 Å². The standard InChI is InChI=1S/C25H26N2O2S/c1-16-10-17(2)12-22(11-16)26-25(30)23(27-9-5-6-20(14-27)15-28)24(29)21-8-7-18(3)19(4)13-21/h5-14,28H,15H2,1-4H3,(H-,26,29,30). The van der Waals surface area contributed by atoms with Crippen molar-refractivity contribution < 1.29 is 14.8 Å². The first-order valence-corrected chi connectivity index (χ1v) is 10.2. The van der Waals surface area contributed by atoms with Gasteiger partial charge in [0.05, 0.1) is 6.61 Å². The van der Waals surface area contributed by atoms with Crippen molar-refractivity contribution in [3.05, 3.63) is 94.3 Å². The minimum absolute atomic E-state index is 0.122. The summed E-state index contributed by atoms with van der Waals surface area (Å²) in [5.41, 5.74) is 6.82. The summed E-state index contributed by atoms with van der Waals surface area (Å²) in [6.07, 6.45) is 3.49. The maximum Gasteiger partial charge on any atom is 0.238 e. The molecular formula is C25H26N2O2S. The van der Waals surface area contributed by atoms with Crippen LogP contribution in [-0.4, -0.2) is 10.1 Å². The van der Waals surface area contributed by atoms with Crippen LogP contribution in [0.1, 0.15) is 33.4 Å². The molecule has 3 rings (SSSR count). The zero-order valence-electron chi connectivity index (χ0n) is 17.7. The molecule has 0 aliphatic heterocycles. The third-order valence-corrected chi connectivity index (χ3v) is 5.28. The van der Waals surface area contributed by atoms with Crippen LogP contribution in [0.25, 0.3) is 11.5 Å². The third kappa shape index (κ3) is 4.93. The van der Waals surface area contributed by atoms with Crippen molar-refractivity contribution in [2.45, 2.75) is 34.3 Å². The van der Waals surface area contributed by atoms with E-state index >= 15 is 0 Å². The second kappa shape index (κ2) is 9.20. The van der Waals surface area contributed by atoms with Gasteiger partial charge >= 0.3 is 0 Å². The lowest BCUT2D eigenvalue weighted by Gasteiger charge is -2.18. The van der Waals surface area contributed by atoms with Crippen molar-refractivity contribution >= 4 is 34.3 Å². The number of aromatic nitrogens is 1. The molecule has 0 saturated carbocycles. The predicted molar refractivity (Wildman–Crippen MR) is 124 cm³/mol. The Morgan fingerprint density at radius 1 is 1.00 bits per heavy atom. The Morgan fingerprint density at radius 3 is 2.33 bits per heavy atom. The minimum atomic E-state index is -0.180. The number of hydrogen-bond acceptors (Lipinski definition) is 3. The summed E-state index contributed by atoms with van der Waals surface area (Å²) < 4.78 is 1.68. The quantitative estimate of drug-likeness (QED) is 0.286. The van der Waals surface area contributed by atoms with Crippen LogP contribution in [0.5, 0.6) is 0 Å². The van der Waals surface area contributed by atoms with Crippen LogP contribution in [-0.2, 0) is 6.61 Å². The van der Waals surface area contributed by atoms with E-state index in [1.54, 1.807) is 29.1 Å². The number of aryl methyl sites for hydroxylation is 4. The summed E-state index contributed by atoms with van der Waals surface area (Å²) in [5, 5.41) is 26.3. The molecule has 0 bridgehead atoms. The van der Waals surface area contributed by atoms with E-state index in [2.05, 4.69) is 11.4 Å². The number of benzene rings is 2. The summed E-state index contributed by atoms with van der Waals surface area (Å²) in [5.74, 6) is -0.180. The molecule has 3 aromatic rings. The van der Waals surface area contributed by atoms with Crippen molar-refractivity contribution in [3.8, 4) is 0 Å². The lowest BCUT2D eigenvalue weighted by Crippen LogP contribution is -2.40. The summed E-state index contributed by atoms with van der Waals surface area (Å²) in [7, 11) is 0. The van der Waals surface area contributed by atoms with Gasteiger partial charge in [0.15, 0.2) is 17.4 Å². The summed E-state index contributed by atoms with van der Waals surface area (Å²) in [6, 6.07) is 15.3. The van der Waals surface area contributed by atoms with E-state index < -0.39 is 0 Å². The van der Waals surface area contributed by atoms with E-state index in [0.717, 1.165) is 27.9 Å². The van der Waals surface area contributed by atoms with Crippen LogP contribution >= 0.6 is 12.2 Å². The Kier molecular flexibility index (Phi) is 6.65. The molecule has 0 aliphatic carbocycles. The van der Waals surface area contributed by atoms with Gasteiger partial charge in [0.2, 0.25) is 5.70 Å². The molecule has 0 amide bonds. The predicted octanol–water partition coefficient (Wildman–Crippen LogP) is 3.83. The van der Waals surface area contributed by atoms with Crippen molar-refractivity contribution in [2.75, 3.05) is 5.32 Å². The van der Waals surface area contributed by atoms with Gasteiger partial charge < -0.3 is 15.5 Å². The molecule has 0 spiro atoms. The molecule has 0 unspecified atom stereocenters. The first kappa shape index (κ1) is 21.7. The first-order valence-electron chi connectivity index (χ1n) is 9.78. The fourth-order valence-electron chi connectivity index (χ4n) is 3.35. The van der Waals surface area contributed by atoms with E-state index in [9.17, 15) is 10.2 Å². The highest BCUT2D eigenvalue weighted by Crippen LogP contribution is 2.21. The van der Waals surface area contributed by atoms with Crippen molar-refractivity contribution in [1.29, 1.82) is 0 Å². The Hall–Kier alpha value is -3.02. The molecule has 1 heterocycles. The lowest BCUT2D eigenvalue weighted by atomic mass is 10.0. The zero-order chi connectivity index (χ0) is 21.8. The molecular weight excluding hydrogens is 392 g/mol. The van der Waals surface area contributed by atoms with E-state index in [0.29, 0.717) is 21.8 Å². The van der Waals surface area contributed by atoms with Gasteiger partial charge in [-0.25, -0.2) is 0 Å². The van der Waals surface area contributed by atoms with E-state index in [-0.39, 0.29) is 12.4 Å². The number of pyridine rings is 1. The van der Waals surface area contributed by atoms with Gasteiger partial charge in [-0.15, -0.1) is 0 Å². The Balaban J connectivity index is 2.13. The van der Waals surface area contributed by atoms with Crippen LogP contribution in [0.2, 0.25) is 0 Å². The van der Waals surface area contributed by atoms with Gasteiger partial charge in [0.25, 0.3) is 0 Å². The molecule has 154 valence electrons. The van der Waals surface area contributed by atoms with Crippen LogP contribution in [0.3, 0.4) is 0 Å². The Bertz CT molecular complexity index is 1120. The summed E-state index contributed by atoms with van der Waals surface area (Å²) >= 11 is 5.69. The van der Waals surface area contributed by atoms with Crippen molar-refractivity contribution in [2.24, 2.45) is 0 Å². The normalized spacial score (nSPS) is 11.8. The smallest absolute Gasteiger partial charge is 0.238 e. The number of aliphatic hydroxyl groups is 1. The molecule has 0 saturated heterocycles. The lowest BCUT2D eigenvalue weighted by molar-refractivity contribution is -0.578. The monoisotopic (exact) mass is 418 g/mol. The fraction of sp³-hybridized carbons (Fsp3) is 0.200. The molecule has 0 fully saturated rings. The van der Waals surface area contributed by atoms with Crippen LogP contribution < -0.4 is 15.0 Å². The van der Waals surface area contributed by atoms with E-state index in [4.69, 9.17) is 12.2 Å². The summed E-state index contributed by atoms with van der Waals surface area (Å²) in [4.78, 5) is 0.323. The number of anilines is 1. The van der Waals surface area contributed by atoms with E-state index in [1.165, 1.54) is 0 Å². The zero-order valence-corrected chi connectivity index (χ0v) is 18.5. The Morgan fingerprint density at radius 2 is 1.70 bits per heavy atom. The number of rotatable bonds is 5. The number of hydrogen-bond donors (Lipinski definition) is 2. The second-order valence-corrected chi connectivity index (χ2v) is 7.99. The van der Waals surface area contributed by atoms with Gasteiger partial charge in [-0.2, -0.15) is 4.57 Å². The molecule has 1 aromatic heterocycles. The number of aliphatic hydroxyl groups excluding tert-OH is 1. The average Bonchev–Trinajstić information content (AvgIpc) is 2.69. The van der Waals surface area contributed by atoms with Gasteiger partial charge in [0, 0.05) is 17.3 Å². The minimum Gasteiger partial charge on any atom is -0.867 e. The number of nitrogens with one attached hydrogen (secondary N) is 1. The number of nitrogens with zero attached hydrogens (tertiary/aromatic N) is 1. The molecule has 0 aliphatic rings. The van der Waals surface area contributed by atoms with Gasteiger partial charge in [-0.05, 0) is 79.5 Å². The summed E-state index contributed by atoms with van der Waals surface area (Å²) in [6.45, 7) is 7.91. The van der Waals surface area contributed by atoms with Crippen LogP contribution in [0.4, 0.5) is 5.69 Å². The molecule has 0 radical (unpaired) electrons. The average molecular weight is 419 g/mol. The fourth-order valence-corrected chi connectivity index (χ4v) is 3.67. The van der Waals surface area contributed by atoms with Gasteiger partial charge in [0.1, 0.15) is 0 Å². The molecule has 30 heavy (non-hydrogen) atoms. The highest BCUT2D eigenvalue weighted by atomic mass is 32.1. The molecule has 0 atom stereocenters. The highest BCUT2D eigenvalue weighted by Gasteiger charge is 2.20. The maximum atomic E-state index is 13.5. The van der Waals surface area contributed by atoms with Gasteiger partial charge in [-0.3, -0.25) is 0 Å². The van der Waals surface area contributed by atoms with Crippen LogP contribution in [0.15, 0.2) is 60.9 Å². The topological polar surface area (TPSA) is 59.2 Å². The molecule has 5 heteroatoms. The van der Waals surface area contributed by atoms with E-state index in [1.807, 2.05) is 58.0 Å². The SMILES string of the molecule is Cc1cc(C)cc(NC(=S)/C(=C(\[O-])c2ccc(C)c(C)c2)[n+]2cccc(CO)c2)c1. The Labute approximate surface area is 183 Å². The number of thiocarbonyl (C=S) groups is 1. The molecule has 2 aromatic carbocycles. The maximum absolute atomic E-state index is 13.5. The van der Waals surface area contributed by atoms with Gasteiger partial charge in [-0.1, -0.05) is 36.5 Å².